The third kappa shape index (κ3) is 6.11. The average molecular weight is 361 g/mol. The summed E-state index contributed by atoms with van der Waals surface area (Å²) in [5.74, 6) is 0.119. The van der Waals surface area contributed by atoms with Crippen LogP contribution in [0.2, 0.25) is 0 Å². The van der Waals surface area contributed by atoms with Crippen LogP contribution < -0.4 is 0 Å². The molecule has 1 unspecified atom stereocenters. The van der Waals surface area contributed by atoms with Crippen molar-refractivity contribution in [1.82, 2.24) is 14.7 Å². The second-order valence-corrected chi connectivity index (χ2v) is 6.77. The smallest absolute Gasteiger partial charge is 0.248 e. The van der Waals surface area contributed by atoms with Gasteiger partial charge in [0.15, 0.2) is 0 Å². The van der Waals surface area contributed by atoms with Crippen LogP contribution in [0.5, 0.6) is 0 Å². The first-order valence-corrected chi connectivity index (χ1v) is 9.43. The summed E-state index contributed by atoms with van der Waals surface area (Å²) in [5.41, 5.74) is 1.21. The number of hydrogen-bond donors (Lipinski definition) is 0. The highest BCUT2D eigenvalue weighted by atomic mass is 16.5. The molecule has 0 spiro atoms. The zero-order chi connectivity index (χ0) is 18.9. The maximum absolute atomic E-state index is 12.5. The van der Waals surface area contributed by atoms with Gasteiger partial charge < -0.3 is 14.5 Å². The largest absolute Gasteiger partial charge is 0.365 e. The molecular weight excluding hydrogens is 330 g/mol. The fraction of sp³-hybridized carbons (Fsp3) is 0.600. The number of likely N-dealkylation sites (N-methyl/N-ethyl adjacent to an activating group) is 2. The molecule has 0 bridgehead atoms. The van der Waals surface area contributed by atoms with Crippen LogP contribution in [0, 0.1) is 0 Å². The van der Waals surface area contributed by atoms with Gasteiger partial charge in [0.2, 0.25) is 11.8 Å². The first kappa shape index (κ1) is 20.4. The van der Waals surface area contributed by atoms with Crippen molar-refractivity contribution in [3.8, 4) is 0 Å². The van der Waals surface area contributed by atoms with Crippen LogP contribution in [0.1, 0.15) is 19.4 Å². The molecule has 1 atom stereocenters. The molecule has 6 heteroatoms. The summed E-state index contributed by atoms with van der Waals surface area (Å²) in [6.45, 7) is 7.60. The van der Waals surface area contributed by atoms with Crippen molar-refractivity contribution in [2.75, 3.05) is 52.9 Å². The van der Waals surface area contributed by atoms with E-state index in [1.165, 1.54) is 5.56 Å². The topological polar surface area (TPSA) is 53.1 Å². The van der Waals surface area contributed by atoms with E-state index in [0.29, 0.717) is 39.3 Å². The fourth-order valence-electron chi connectivity index (χ4n) is 3.24. The Morgan fingerprint density at radius 1 is 1.19 bits per heavy atom. The average Bonchev–Trinajstić information content (AvgIpc) is 2.77. The molecule has 1 aliphatic heterocycles. The summed E-state index contributed by atoms with van der Waals surface area (Å²) >= 11 is 0. The molecule has 1 fully saturated rings. The monoisotopic (exact) mass is 361 g/mol. The summed E-state index contributed by atoms with van der Waals surface area (Å²) in [7, 11) is 1.92. The third-order valence-electron chi connectivity index (χ3n) is 4.77. The lowest BCUT2D eigenvalue weighted by atomic mass is 10.1. The second kappa shape index (κ2) is 10.3. The molecule has 1 saturated heterocycles. The van der Waals surface area contributed by atoms with Gasteiger partial charge in [-0.2, -0.15) is 0 Å². The van der Waals surface area contributed by atoms with Crippen molar-refractivity contribution in [3.63, 3.8) is 0 Å². The summed E-state index contributed by atoms with van der Waals surface area (Å²) in [4.78, 5) is 30.3. The summed E-state index contributed by atoms with van der Waals surface area (Å²) in [5, 5.41) is 0. The summed E-state index contributed by atoms with van der Waals surface area (Å²) in [6, 6.07) is 10.2. The van der Waals surface area contributed by atoms with Gasteiger partial charge in [-0.3, -0.25) is 14.5 Å². The van der Waals surface area contributed by atoms with Gasteiger partial charge in [0.25, 0.3) is 0 Å². The Bertz CT molecular complexity index is 575. The van der Waals surface area contributed by atoms with E-state index in [1.807, 2.05) is 48.9 Å². The van der Waals surface area contributed by atoms with Crippen molar-refractivity contribution in [2.45, 2.75) is 26.4 Å². The van der Waals surface area contributed by atoms with Crippen LogP contribution in [0.25, 0.3) is 0 Å². The SMILES string of the molecule is CCN(CC)C(=O)COC1CN(C)CC(=O)N(CCc2ccccc2)C1. The van der Waals surface area contributed by atoms with E-state index in [1.54, 1.807) is 4.90 Å². The lowest BCUT2D eigenvalue weighted by Gasteiger charge is -2.25. The van der Waals surface area contributed by atoms with E-state index < -0.39 is 0 Å². The number of amides is 2. The molecule has 144 valence electrons. The van der Waals surface area contributed by atoms with Crippen molar-refractivity contribution in [1.29, 1.82) is 0 Å². The molecule has 1 heterocycles. The number of ether oxygens (including phenoxy) is 1. The van der Waals surface area contributed by atoms with Crippen LogP contribution in [-0.2, 0) is 20.7 Å². The predicted molar refractivity (Wildman–Crippen MR) is 102 cm³/mol. The maximum Gasteiger partial charge on any atom is 0.248 e. The Labute approximate surface area is 156 Å². The number of rotatable bonds is 8. The molecule has 0 aliphatic carbocycles. The van der Waals surface area contributed by atoms with Crippen LogP contribution in [-0.4, -0.2) is 85.5 Å². The van der Waals surface area contributed by atoms with Gasteiger partial charge in [-0.05, 0) is 32.9 Å². The Morgan fingerprint density at radius 3 is 2.54 bits per heavy atom. The minimum absolute atomic E-state index is 0.00376. The Hall–Kier alpha value is -1.92. The molecule has 2 amide bonds. The number of benzene rings is 1. The number of carbonyl (C=O) groups excluding carboxylic acids is 2. The van der Waals surface area contributed by atoms with E-state index in [2.05, 4.69) is 12.1 Å². The standard InChI is InChI=1S/C20H31N3O3/c1-4-22(5-2)20(25)16-26-18-13-21(3)15-19(24)23(14-18)12-11-17-9-7-6-8-10-17/h6-10,18H,4-5,11-16H2,1-3H3. The molecule has 0 aromatic heterocycles. The number of hydrogen-bond acceptors (Lipinski definition) is 4. The van der Waals surface area contributed by atoms with Gasteiger partial charge in [0.05, 0.1) is 12.6 Å². The Kier molecular flexibility index (Phi) is 8.06. The third-order valence-corrected chi connectivity index (χ3v) is 4.77. The normalized spacial score (nSPS) is 18.7. The van der Waals surface area contributed by atoms with Crippen LogP contribution in [0.3, 0.4) is 0 Å². The lowest BCUT2D eigenvalue weighted by Crippen LogP contribution is -2.41. The molecular formula is C20H31N3O3. The van der Waals surface area contributed by atoms with Crippen LogP contribution in [0.4, 0.5) is 0 Å². The van der Waals surface area contributed by atoms with Crippen LogP contribution in [0.15, 0.2) is 30.3 Å². The van der Waals surface area contributed by atoms with Gasteiger partial charge in [0.1, 0.15) is 6.61 Å². The fourth-order valence-corrected chi connectivity index (χ4v) is 3.24. The van der Waals surface area contributed by atoms with Gasteiger partial charge >= 0.3 is 0 Å². The minimum atomic E-state index is -0.151. The van der Waals surface area contributed by atoms with Crippen molar-refractivity contribution < 1.29 is 14.3 Å². The molecule has 2 rings (SSSR count). The molecule has 1 aromatic rings. The lowest BCUT2D eigenvalue weighted by molar-refractivity contribution is -0.138. The van der Waals surface area contributed by atoms with E-state index in [9.17, 15) is 9.59 Å². The molecule has 0 saturated carbocycles. The quantitative estimate of drug-likeness (QED) is 0.699. The molecule has 0 N–H and O–H groups in total. The molecule has 6 nitrogen and oxygen atoms in total. The number of carbonyl (C=O) groups is 2. The first-order valence-electron chi connectivity index (χ1n) is 9.43. The summed E-state index contributed by atoms with van der Waals surface area (Å²) in [6.07, 6.45) is 0.670. The highest BCUT2D eigenvalue weighted by Gasteiger charge is 2.27. The molecule has 26 heavy (non-hydrogen) atoms. The van der Waals surface area contributed by atoms with E-state index in [4.69, 9.17) is 4.74 Å². The van der Waals surface area contributed by atoms with Gasteiger partial charge in [0, 0.05) is 32.7 Å². The molecule has 0 radical (unpaired) electrons. The zero-order valence-electron chi connectivity index (χ0n) is 16.2. The highest BCUT2D eigenvalue weighted by molar-refractivity contribution is 5.79. The molecule has 1 aliphatic rings. The van der Waals surface area contributed by atoms with Crippen molar-refractivity contribution in [2.24, 2.45) is 0 Å². The number of nitrogens with zero attached hydrogens (tertiary/aromatic N) is 3. The highest BCUT2D eigenvalue weighted by Crippen LogP contribution is 2.09. The van der Waals surface area contributed by atoms with Crippen molar-refractivity contribution in [3.05, 3.63) is 35.9 Å². The van der Waals surface area contributed by atoms with Gasteiger partial charge in [-0.15, -0.1) is 0 Å². The van der Waals surface area contributed by atoms with Gasteiger partial charge in [-0.25, -0.2) is 0 Å². The van der Waals surface area contributed by atoms with Crippen LogP contribution >= 0.6 is 0 Å². The van der Waals surface area contributed by atoms with Crippen molar-refractivity contribution >= 4 is 11.8 Å². The van der Waals surface area contributed by atoms with E-state index >= 15 is 0 Å². The zero-order valence-corrected chi connectivity index (χ0v) is 16.2. The second-order valence-electron chi connectivity index (χ2n) is 6.77. The van der Waals surface area contributed by atoms with E-state index in [0.717, 1.165) is 6.42 Å². The Balaban J connectivity index is 1.92. The maximum atomic E-state index is 12.5. The minimum Gasteiger partial charge on any atom is -0.365 e. The first-order chi connectivity index (χ1) is 12.5. The molecule has 1 aromatic carbocycles. The van der Waals surface area contributed by atoms with E-state index in [-0.39, 0.29) is 24.5 Å². The summed E-state index contributed by atoms with van der Waals surface area (Å²) < 4.78 is 5.88. The van der Waals surface area contributed by atoms with Gasteiger partial charge in [-0.1, -0.05) is 30.3 Å². The Morgan fingerprint density at radius 2 is 1.88 bits per heavy atom. The predicted octanol–water partition coefficient (Wildman–Crippen LogP) is 1.26.